The van der Waals surface area contributed by atoms with Crippen molar-refractivity contribution < 1.29 is 0 Å². The average molecular weight is 564 g/mol. The summed E-state index contributed by atoms with van der Waals surface area (Å²) in [4.78, 5) is 14.4. The maximum atomic E-state index is 5.06. The Morgan fingerprint density at radius 2 is 0.841 bits per heavy atom. The molecule has 0 saturated carbocycles. The minimum atomic E-state index is 0.797. The van der Waals surface area contributed by atoms with Crippen molar-refractivity contribution in [3.63, 3.8) is 0 Å². The number of nitrogens with zero attached hydrogens (tertiary/aromatic N) is 5. The highest BCUT2D eigenvalue weighted by atomic mass is 15.0. The van der Waals surface area contributed by atoms with Gasteiger partial charge in [-0.05, 0) is 60.7 Å². The fourth-order valence-electron chi connectivity index (χ4n) is 6.55. The zero-order valence-corrected chi connectivity index (χ0v) is 23.7. The topological polar surface area (TPSA) is 48.5 Å². The number of rotatable bonds is 4. The van der Waals surface area contributed by atoms with Gasteiger partial charge in [0.1, 0.15) is 0 Å². The van der Waals surface area contributed by atoms with Crippen LogP contribution in [0.3, 0.4) is 0 Å². The first-order valence-corrected chi connectivity index (χ1v) is 14.7. The van der Waals surface area contributed by atoms with Crippen LogP contribution in [0.4, 0.5) is 0 Å². The van der Waals surface area contributed by atoms with E-state index in [9.17, 15) is 0 Å². The first-order chi connectivity index (χ1) is 21.8. The van der Waals surface area contributed by atoms with Gasteiger partial charge in [0.05, 0.1) is 50.5 Å². The minimum Gasteiger partial charge on any atom is -0.307 e. The van der Waals surface area contributed by atoms with Crippen molar-refractivity contribution >= 4 is 43.6 Å². The fourth-order valence-corrected chi connectivity index (χ4v) is 6.55. The van der Waals surface area contributed by atoms with Crippen LogP contribution in [0, 0.1) is 0 Å². The summed E-state index contributed by atoms with van der Waals surface area (Å²) in [6, 6.07) is 48.7. The van der Waals surface area contributed by atoms with E-state index in [0.717, 1.165) is 45.2 Å². The Hall–Kier alpha value is -6.07. The molecule has 4 aromatic carbocycles. The Kier molecular flexibility index (Phi) is 5.43. The number of hydrogen-bond acceptors (Lipinski definition) is 3. The number of hydrogen-bond donors (Lipinski definition) is 0. The van der Waals surface area contributed by atoms with Gasteiger partial charge in [0.2, 0.25) is 0 Å². The molecule has 0 spiro atoms. The van der Waals surface area contributed by atoms with Crippen molar-refractivity contribution in [2.75, 3.05) is 0 Å². The van der Waals surface area contributed by atoms with Crippen LogP contribution in [0.2, 0.25) is 0 Å². The van der Waals surface area contributed by atoms with Crippen molar-refractivity contribution in [1.82, 2.24) is 24.1 Å². The zero-order chi connectivity index (χ0) is 29.0. The maximum absolute atomic E-state index is 5.06. The van der Waals surface area contributed by atoms with Gasteiger partial charge < -0.3 is 9.13 Å². The molecule has 9 aromatic rings. The second kappa shape index (κ2) is 9.75. The molecule has 0 bridgehead atoms. The highest BCUT2D eigenvalue weighted by Crippen LogP contribution is 2.42. The van der Waals surface area contributed by atoms with Crippen LogP contribution < -0.4 is 0 Å². The summed E-state index contributed by atoms with van der Waals surface area (Å²) in [5.41, 5.74) is 9.98. The van der Waals surface area contributed by atoms with Gasteiger partial charge in [-0.2, -0.15) is 0 Å². The highest BCUT2D eigenvalue weighted by molar-refractivity contribution is 6.23. The summed E-state index contributed by atoms with van der Waals surface area (Å²) in [6.45, 7) is 0. The smallest absolute Gasteiger partial charge is 0.0915 e. The second-order valence-corrected chi connectivity index (χ2v) is 10.9. The van der Waals surface area contributed by atoms with E-state index in [0.29, 0.717) is 0 Å². The molecule has 0 amide bonds. The van der Waals surface area contributed by atoms with E-state index < -0.39 is 0 Å². The van der Waals surface area contributed by atoms with E-state index in [1.807, 2.05) is 48.8 Å². The molecule has 5 heteroatoms. The Bertz CT molecular complexity index is 2420. The van der Waals surface area contributed by atoms with E-state index in [-0.39, 0.29) is 0 Å². The summed E-state index contributed by atoms with van der Waals surface area (Å²) in [6.07, 6.45) is 3.62. The molecule has 0 unspecified atom stereocenters. The number of fused-ring (bicyclic) bond motifs is 7. The van der Waals surface area contributed by atoms with Gasteiger partial charge in [-0.15, -0.1) is 0 Å². The highest BCUT2D eigenvalue weighted by Gasteiger charge is 2.22. The molecule has 0 aliphatic rings. The van der Waals surface area contributed by atoms with Crippen molar-refractivity contribution in [2.24, 2.45) is 0 Å². The third-order valence-electron chi connectivity index (χ3n) is 8.41. The number of para-hydroxylation sites is 3. The third kappa shape index (κ3) is 3.69. The first kappa shape index (κ1) is 24.5. The SMILES string of the molecule is c1ccc(-n2c3ccccc3c3ccc4c5ccccc5n(-c5cc(-c6ccccn6)nc(-c6ccccn6)c5)c4c32)cc1. The molecule has 0 saturated heterocycles. The monoisotopic (exact) mass is 563 g/mol. The molecule has 0 N–H and O–H groups in total. The number of benzene rings is 4. The molecule has 0 aliphatic carbocycles. The van der Waals surface area contributed by atoms with E-state index in [2.05, 4.69) is 122 Å². The molecule has 5 heterocycles. The van der Waals surface area contributed by atoms with E-state index in [1.54, 1.807) is 0 Å². The lowest BCUT2D eigenvalue weighted by atomic mass is 10.1. The summed E-state index contributed by atoms with van der Waals surface area (Å²) in [5, 5.41) is 4.83. The van der Waals surface area contributed by atoms with E-state index >= 15 is 0 Å². The summed E-state index contributed by atoms with van der Waals surface area (Å²) in [5.74, 6) is 0. The van der Waals surface area contributed by atoms with E-state index in [1.165, 1.54) is 32.6 Å². The molecule has 5 aromatic heterocycles. The Balaban J connectivity index is 1.48. The summed E-state index contributed by atoms with van der Waals surface area (Å²) < 4.78 is 4.80. The zero-order valence-electron chi connectivity index (χ0n) is 23.7. The molecule has 44 heavy (non-hydrogen) atoms. The molecule has 5 nitrogen and oxygen atoms in total. The number of aromatic nitrogens is 5. The van der Waals surface area contributed by atoms with Crippen LogP contribution in [-0.4, -0.2) is 24.1 Å². The van der Waals surface area contributed by atoms with Gasteiger partial charge >= 0.3 is 0 Å². The van der Waals surface area contributed by atoms with Gasteiger partial charge in [0.25, 0.3) is 0 Å². The van der Waals surface area contributed by atoms with Crippen LogP contribution in [0.15, 0.2) is 152 Å². The molecule has 0 fully saturated rings. The molecule has 9 rings (SSSR count). The predicted molar refractivity (Wildman–Crippen MR) is 179 cm³/mol. The quantitative estimate of drug-likeness (QED) is 0.214. The van der Waals surface area contributed by atoms with Crippen LogP contribution in [0.25, 0.3) is 77.8 Å². The second-order valence-electron chi connectivity index (χ2n) is 10.9. The summed E-state index contributed by atoms with van der Waals surface area (Å²) in [7, 11) is 0. The van der Waals surface area contributed by atoms with Gasteiger partial charge in [-0.25, -0.2) is 4.98 Å². The van der Waals surface area contributed by atoms with Crippen molar-refractivity contribution in [3.8, 4) is 34.2 Å². The Labute approximate surface area is 253 Å². The molecule has 0 aliphatic heterocycles. The normalized spacial score (nSPS) is 11.6. The largest absolute Gasteiger partial charge is 0.307 e. The third-order valence-corrected chi connectivity index (χ3v) is 8.41. The average Bonchev–Trinajstić information content (AvgIpc) is 3.62. The summed E-state index contributed by atoms with van der Waals surface area (Å²) >= 11 is 0. The molecular weight excluding hydrogens is 538 g/mol. The van der Waals surface area contributed by atoms with Gasteiger partial charge in [-0.1, -0.05) is 78.9 Å². The molecule has 0 atom stereocenters. The maximum Gasteiger partial charge on any atom is 0.0915 e. The van der Waals surface area contributed by atoms with Gasteiger partial charge in [0.15, 0.2) is 0 Å². The van der Waals surface area contributed by atoms with Gasteiger partial charge in [0, 0.05) is 39.6 Å². The Morgan fingerprint density at radius 3 is 1.36 bits per heavy atom. The minimum absolute atomic E-state index is 0.797. The van der Waals surface area contributed by atoms with Crippen LogP contribution in [0.5, 0.6) is 0 Å². The van der Waals surface area contributed by atoms with Gasteiger partial charge in [-0.3, -0.25) is 9.97 Å². The number of pyridine rings is 3. The Morgan fingerprint density at radius 1 is 0.364 bits per heavy atom. The van der Waals surface area contributed by atoms with Crippen molar-refractivity contribution in [3.05, 3.63) is 152 Å². The standard InChI is InChI=1S/C39H25N5/c1-2-12-26(13-3-1)43-36-18-6-4-14-28(36)30-20-21-31-29-15-5-7-19-37(29)44(39(31)38(30)43)27-24-34(32-16-8-10-22-40-32)42-35(25-27)33-17-9-11-23-41-33/h1-25H. The van der Waals surface area contributed by atoms with Crippen LogP contribution in [0.1, 0.15) is 0 Å². The van der Waals surface area contributed by atoms with Crippen molar-refractivity contribution in [1.29, 1.82) is 0 Å². The lowest BCUT2D eigenvalue weighted by molar-refractivity contribution is 1.13. The predicted octanol–water partition coefficient (Wildman–Crippen LogP) is 9.40. The van der Waals surface area contributed by atoms with E-state index in [4.69, 9.17) is 4.98 Å². The van der Waals surface area contributed by atoms with Crippen molar-refractivity contribution in [2.45, 2.75) is 0 Å². The molecule has 0 radical (unpaired) electrons. The lowest BCUT2D eigenvalue weighted by Crippen LogP contribution is -2.01. The molecular formula is C39H25N5. The van der Waals surface area contributed by atoms with Crippen LogP contribution >= 0.6 is 0 Å². The fraction of sp³-hybridized carbons (Fsp3) is 0. The van der Waals surface area contributed by atoms with Crippen LogP contribution in [-0.2, 0) is 0 Å². The first-order valence-electron chi connectivity index (χ1n) is 14.7. The lowest BCUT2D eigenvalue weighted by Gasteiger charge is -2.14. The molecule has 206 valence electrons.